The van der Waals surface area contributed by atoms with Gasteiger partial charge >= 0.3 is 0 Å². The maximum absolute atomic E-state index is 6.21. The number of fused-ring (bicyclic) bond motifs is 1. The lowest BCUT2D eigenvalue weighted by Gasteiger charge is -2.31. The van der Waals surface area contributed by atoms with Crippen LogP contribution in [0.15, 0.2) is 24.3 Å². The Morgan fingerprint density at radius 1 is 1.21 bits per heavy atom. The van der Waals surface area contributed by atoms with E-state index in [4.69, 9.17) is 25.7 Å². The molecule has 1 saturated heterocycles. The van der Waals surface area contributed by atoms with Gasteiger partial charge in [0.25, 0.3) is 0 Å². The molecule has 3 heterocycles. The zero-order valence-corrected chi connectivity index (χ0v) is 16.4. The summed E-state index contributed by atoms with van der Waals surface area (Å²) in [7, 11) is 0. The van der Waals surface area contributed by atoms with Gasteiger partial charge in [0, 0.05) is 26.1 Å². The van der Waals surface area contributed by atoms with Crippen molar-refractivity contribution < 1.29 is 14.2 Å². The van der Waals surface area contributed by atoms with Crippen molar-refractivity contribution >= 4 is 11.8 Å². The Balaban J connectivity index is 1.47. The highest BCUT2D eigenvalue weighted by Gasteiger charge is 2.44. The average molecular weight is 385 g/mol. The first-order chi connectivity index (χ1) is 13.4. The van der Waals surface area contributed by atoms with Crippen molar-refractivity contribution in [2.45, 2.75) is 38.5 Å². The second-order valence-electron chi connectivity index (χ2n) is 7.79. The molecule has 8 heteroatoms. The number of hydrogen-bond acceptors (Lipinski definition) is 8. The number of benzene rings is 1. The molecule has 2 aliphatic heterocycles. The number of nitrogens with two attached hydrogens (primary N) is 2. The minimum absolute atomic E-state index is 0.128. The molecule has 2 aliphatic rings. The highest BCUT2D eigenvalue weighted by atomic mass is 16.6. The van der Waals surface area contributed by atoms with Crippen molar-refractivity contribution in [2.75, 3.05) is 37.8 Å². The van der Waals surface area contributed by atoms with Crippen LogP contribution in [-0.2, 0) is 17.7 Å². The SMILES string of the molecule is CC(C)Oc1ccc(CN2CCOCC3(Cc4c(N)nc(N)nc4O3)C2)cc1. The summed E-state index contributed by atoms with van der Waals surface area (Å²) < 4.78 is 17.8. The van der Waals surface area contributed by atoms with Gasteiger partial charge in [-0.1, -0.05) is 12.1 Å². The van der Waals surface area contributed by atoms with Crippen LogP contribution in [0, 0.1) is 0 Å². The maximum Gasteiger partial charge on any atom is 0.225 e. The van der Waals surface area contributed by atoms with Crippen LogP contribution in [0.25, 0.3) is 0 Å². The highest BCUT2D eigenvalue weighted by Crippen LogP contribution is 2.38. The zero-order chi connectivity index (χ0) is 19.7. The molecular formula is C20H27N5O3. The van der Waals surface area contributed by atoms with Gasteiger partial charge in [-0.2, -0.15) is 9.97 Å². The van der Waals surface area contributed by atoms with E-state index in [0.717, 1.165) is 24.4 Å². The van der Waals surface area contributed by atoms with E-state index in [0.29, 0.717) is 37.9 Å². The smallest absolute Gasteiger partial charge is 0.225 e. The van der Waals surface area contributed by atoms with Crippen LogP contribution in [0.1, 0.15) is 25.0 Å². The zero-order valence-electron chi connectivity index (χ0n) is 16.4. The van der Waals surface area contributed by atoms with Gasteiger partial charge < -0.3 is 25.7 Å². The molecule has 28 heavy (non-hydrogen) atoms. The fourth-order valence-corrected chi connectivity index (χ4v) is 3.80. The monoisotopic (exact) mass is 385 g/mol. The predicted molar refractivity (Wildman–Crippen MR) is 106 cm³/mol. The number of ether oxygens (including phenoxy) is 3. The van der Waals surface area contributed by atoms with Gasteiger partial charge in [-0.05, 0) is 31.5 Å². The largest absolute Gasteiger partial charge is 0.491 e. The third-order valence-corrected chi connectivity index (χ3v) is 4.96. The molecule has 0 bridgehead atoms. The van der Waals surface area contributed by atoms with E-state index in [1.807, 2.05) is 26.0 Å². The molecule has 0 aliphatic carbocycles. The first-order valence-electron chi connectivity index (χ1n) is 9.59. The van der Waals surface area contributed by atoms with Gasteiger partial charge in [-0.15, -0.1) is 0 Å². The molecule has 1 aromatic heterocycles. The fourth-order valence-electron chi connectivity index (χ4n) is 3.80. The first-order valence-corrected chi connectivity index (χ1v) is 9.59. The van der Waals surface area contributed by atoms with Gasteiger partial charge in [0.15, 0.2) is 5.60 Å². The molecule has 0 radical (unpaired) electrons. The van der Waals surface area contributed by atoms with Crippen molar-refractivity contribution in [1.29, 1.82) is 0 Å². The number of nitrogens with zero attached hydrogens (tertiary/aromatic N) is 3. The van der Waals surface area contributed by atoms with Crippen LogP contribution in [0.5, 0.6) is 11.6 Å². The number of aromatic nitrogens is 2. The van der Waals surface area contributed by atoms with E-state index in [1.165, 1.54) is 5.56 Å². The summed E-state index contributed by atoms with van der Waals surface area (Å²) in [5, 5.41) is 0. The number of anilines is 2. The number of hydrogen-bond donors (Lipinski definition) is 2. The lowest BCUT2D eigenvalue weighted by molar-refractivity contribution is -0.00264. The van der Waals surface area contributed by atoms with Crippen LogP contribution in [-0.4, -0.2) is 52.9 Å². The summed E-state index contributed by atoms with van der Waals surface area (Å²) in [5.74, 6) is 1.88. The number of nitrogen functional groups attached to an aromatic ring is 2. The Kier molecular flexibility index (Phi) is 4.99. The van der Waals surface area contributed by atoms with E-state index in [1.54, 1.807) is 0 Å². The molecule has 4 N–H and O–H groups in total. The summed E-state index contributed by atoms with van der Waals surface area (Å²) in [4.78, 5) is 10.6. The third kappa shape index (κ3) is 3.98. The summed E-state index contributed by atoms with van der Waals surface area (Å²) in [6.07, 6.45) is 0.783. The standard InChI is InChI=1S/C20H27N5O3/c1-13(2)27-15-5-3-14(4-6-15)10-25-7-8-26-12-20(11-25)9-16-17(21)23-19(22)24-18(16)28-20/h3-6,13H,7-12H2,1-2H3,(H4,21,22,23,24). The van der Waals surface area contributed by atoms with Crippen LogP contribution >= 0.6 is 0 Å². The predicted octanol–water partition coefficient (Wildman–Crippen LogP) is 1.63. The van der Waals surface area contributed by atoms with Crippen molar-refractivity contribution in [3.05, 3.63) is 35.4 Å². The Hall–Kier alpha value is -2.58. The molecule has 1 unspecified atom stereocenters. The van der Waals surface area contributed by atoms with Crippen molar-refractivity contribution in [1.82, 2.24) is 14.9 Å². The van der Waals surface area contributed by atoms with Crippen molar-refractivity contribution in [3.63, 3.8) is 0 Å². The molecule has 8 nitrogen and oxygen atoms in total. The van der Waals surface area contributed by atoms with Crippen LogP contribution in [0.4, 0.5) is 11.8 Å². The molecule has 150 valence electrons. The molecule has 2 aromatic rings. The van der Waals surface area contributed by atoms with E-state index >= 15 is 0 Å². The lowest BCUT2D eigenvalue weighted by Crippen LogP contribution is -2.48. The Bertz CT molecular complexity index is 842. The quantitative estimate of drug-likeness (QED) is 0.817. The molecule has 0 amide bonds. The van der Waals surface area contributed by atoms with E-state index < -0.39 is 5.60 Å². The Labute approximate surface area is 164 Å². The third-order valence-electron chi connectivity index (χ3n) is 4.96. The topological polar surface area (TPSA) is 109 Å². The average Bonchev–Trinajstić information content (AvgIpc) is 2.86. The Morgan fingerprint density at radius 3 is 2.75 bits per heavy atom. The van der Waals surface area contributed by atoms with Crippen LogP contribution < -0.4 is 20.9 Å². The lowest BCUT2D eigenvalue weighted by atomic mass is 9.97. The fraction of sp³-hybridized carbons (Fsp3) is 0.500. The molecule has 1 spiro atoms. The summed E-state index contributed by atoms with van der Waals surface area (Å²) >= 11 is 0. The molecule has 1 atom stereocenters. The highest BCUT2D eigenvalue weighted by molar-refractivity contribution is 5.52. The Morgan fingerprint density at radius 2 is 2.00 bits per heavy atom. The minimum Gasteiger partial charge on any atom is -0.491 e. The van der Waals surface area contributed by atoms with Crippen LogP contribution in [0.3, 0.4) is 0 Å². The normalized spacial score (nSPS) is 22.1. The second kappa shape index (κ2) is 7.44. The molecule has 1 fully saturated rings. The van der Waals surface area contributed by atoms with Crippen molar-refractivity contribution in [2.24, 2.45) is 0 Å². The summed E-state index contributed by atoms with van der Waals surface area (Å²) in [5.41, 5.74) is 13.3. The maximum atomic E-state index is 6.21. The molecule has 4 rings (SSSR count). The number of rotatable bonds is 4. The van der Waals surface area contributed by atoms with Gasteiger partial charge in [-0.25, -0.2) is 0 Å². The molecule has 0 saturated carbocycles. The first kappa shape index (κ1) is 18.8. The van der Waals surface area contributed by atoms with Crippen molar-refractivity contribution in [3.8, 4) is 11.6 Å². The van der Waals surface area contributed by atoms with E-state index in [-0.39, 0.29) is 12.1 Å². The van der Waals surface area contributed by atoms with Gasteiger partial charge in [0.05, 0.1) is 24.9 Å². The second-order valence-corrected chi connectivity index (χ2v) is 7.79. The van der Waals surface area contributed by atoms with Gasteiger partial charge in [0.2, 0.25) is 11.8 Å². The molecular weight excluding hydrogens is 358 g/mol. The summed E-state index contributed by atoms with van der Waals surface area (Å²) in [6, 6.07) is 8.23. The van der Waals surface area contributed by atoms with Gasteiger partial charge in [0.1, 0.15) is 11.6 Å². The summed E-state index contributed by atoms with van der Waals surface area (Å²) in [6.45, 7) is 7.53. The minimum atomic E-state index is -0.518. The molecule has 1 aromatic carbocycles. The van der Waals surface area contributed by atoms with E-state index in [9.17, 15) is 0 Å². The van der Waals surface area contributed by atoms with Crippen LogP contribution in [0.2, 0.25) is 0 Å². The van der Waals surface area contributed by atoms with Gasteiger partial charge in [-0.3, -0.25) is 4.90 Å². The van der Waals surface area contributed by atoms with E-state index in [2.05, 4.69) is 27.0 Å².